The van der Waals surface area contributed by atoms with E-state index in [1.807, 2.05) is 14.1 Å². The smallest absolute Gasteiger partial charge is 0.323 e. The highest BCUT2D eigenvalue weighted by molar-refractivity contribution is 6.10. The number of rotatable bonds is 18. The van der Waals surface area contributed by atoms with Crippen molar-refractivity contribution in [2.75, 3.05) is 75.1 Å². The molecule has 0 fully saturated rings. The van der Waals surface area contributed by atoms with Gasteiger partial charge >= 0.3 is 5.69 Å². The number of hydrogen-bond donors (Lipinski definition) is 6. The van der Waals surface area contributed by atoms with Crippen LogP contribution in [0.25, 0.3) is 11.0 Å². The van der Waals surface area contributed by atoms with Crippen molar-refractivity contribution in [3.8, 4) is 0 Å². The number of imidazole rings is 1. The van der Waals surface area contributed by atoms with Crippen LogP contribution in [-0.2, 0) is 9.59 Å². The van der Waals surface area contributed by atoms with E-state index in [1.165, 1.54) is 6.92 Å². The first kappa shape index (κ1) is 34.6. The van der Waals surface area contributed by atoms with E-state index in [4.69, 9.17) is 0 Å². The molecule has 2 aromatic heterocycles. The topological polar surface area (TPSA) is 201 Å². The standard InChI is InChI=1S/C31H43N13O3/c1-6-44(5)18-8-16-33-29-38-28(32-15-7-17-43(3)4)39-30(40-29)35-21-9-11-22(12-10-21)41-42-26(20(2)45)27(46)34-23-13-14-24-25(19-23)37-31(47)36-24/h9-14,19,26H,6-8,15-18H2,1-5H3,(H,34,46)(H2,36,37,47)(H3,32,33,35,38,39,40). The Bertz CT molecular complexity index is 1720. The average molecular weight is 646 g/mol. The van der Waals surface area contributed by atoms with Crippen LogP contribution in [0.1, 0.15) is 26.7 Å². The summed E-state index contributed by atoms with van der Waals surface area (Å²) in [6.45, 7) is 7.72. The fraction of sp³-hybridized carbons (Fsp3) is 0.419. The van der Waals surface area contributed by atoms with E-state index in [-0.39, 0.29) is 5.69 Å². The molecule has 0 radical (unpaired) electrons. The SMILES string of the molecule is CCN(C)CCCNc1nc(NCCCN(C)C)nc(Nc2ccc(N=NC(C(C)=O)C(=O)Nc3ccc4[nH]c(=O)[nH]c4c3)cc2)n1. The molecule has 1 amide bonds. The Balaban J connectivity index is 1.40. The van der Waals surface area contributed by atoms with Crippen molar-refractivity contribution in [2.45, 2.75) is 32.7 Å². The van der Waals surface area contributed by atoms with E-state index in [1.54, 1.807) is 42.5 Å². The van der Waals surface area contributed by atoms with Crippen molar-refractivity contribution in [3.63, 3.8) is 0 Å². The number of nitrogens with zero attached hydrogens (tertiary/aromatic N) is 7. The predicted octanol–water partition coefficient (Wildman–Crippen LogP) is 3.58. The largest absolute Gasteiger partial charge is 0.354 e. The molecule has 1 atom stereocenters. The van der Waals surface area contributed by atoms with Gasteiger partial charge in [0.2, 0.25) is 23.9 Å². The first-order valence-corrected chi connectivity index (χ1v) is 15.5. The number of azo groups is 1. The quantitative estimate of drug-likeness (QED) is 0.0525. The molecule has 2 heterocycles. The number of nitrogens with one attached hydrogen (secondary N) is 6. The minimum Gasteiger partial charge on any atom is -0.354 e. The summed E-state index contributed by atoms with van der Waals surface area (Å²) in [7, 11) is 6.15. The van der Waals surface area contributed by atoms with Crippen molar-refractivity contribution in [1.82, 2.24) is 34.7 Å². The van der Waals surface area contributed by atoms with Gasteiger partial charge in [0.25, 0.3) is 5.91 Å². The molecule has 4 rings (SSSR count). The third kappa shape index (κ3) is 11.0. The van der Waals surface area contributed by atoms with Gasteiger partial charge in [-0.1, -0.05) is 6.92 Å². The summed E-state index contributed by atoms with van der Waals surface area (Å²) in [5, 5.41) is 20.6. The maximum absolute atomic E-state index is 12.9. The molecule has 0 saturated heterocycles. The molecule has 16 heteroatoms. The Morgan fingerprint density at radius 2 is 1.47 bits per heavy atom. The van der Waals surface area contributed by atoms with Crippen LogP contribution >= 0.6 is 0 Å². The zero-order valence-electron chi connectivity index (χ0n) is 27.4. The maximum Gasteiger partial charge on any atom is 0.323 e. The normalized spacial score (nSPS) is 12.1. The lowest BCUT2D eigenvalue weighted by Crippen LogP contribution is -2.31. The Morgan fingerprint density at radius 1 is 0.851 bits per heavy atom. The van der Waals surface area contributed by atoms with Crippen LogP contribution in [0, 0.1) is 0 Å². The lowest BCUT2D eigenvalue weighted by Gasteiger charge is -2.14. The van der Waals surface area contributed by atoms with Gasteiger partial charge in [-0.2, -0.15) is 25.2 Å². The summed E-state index contributed by atoms with van der Waals surface area (Å²) in [4.78, 5) is 59.9. The molecule has 0 bridgehead atoms. The molecule has 1 unspecified atom stereocenters. The molecule has 6 N–H and O–H groups in total. The van der Waals surface area contributed by atoms with Gasteiger partial charge in [0.1, 0.15) is 0 Å². The van der Waals surface area contributed by atoms with E-state index in [2.05, 4.69) is 80.2 Å². The number of H-pyrrole nitrogens is 2. The van der Waals surface area contributed by atoms with Crippen LogP contribution in [0.4, 0.5) is 34.9 Å². The molecule has 0 aliphatic carbocycles. The Kier molecular flexibility index (Phi) is 12.5. The van der Waals surface area contributed by atoms with E-state index in [9.17, 15) is 14.4 Å². The lowest BCUT2D eigenvalue weighted by molar-refractivity contribution is -0.126. The van der Waals surface area contributed by atoms with Gasteiger partial charge in [0.15, 0.2) is 5.78 Å². The van der Waals surface area contributed by atoms with E-state index in [0.29, 0.717) is 52.5 Å². The van der Waals surface area contributed by atoms with Crippen LogP contribution in [0.2, 0.25) is 0 Å². The highest BCUT2D eigenvalue weighted by atomic mass is 16.2. The summed E-state index contributed by atoms with van der Waals surface area (Å²) >= 11 is 0. The fourth-order valence-electron chi connectivity index (χ4n) is 4.40. The molecular weight excluding hydrogens is 602 g/mol. The molecule has 0 aliphatic heterocycles. The number of aromatic amines is 2. The fourth-order valence-corrected chi connectivity index (χ4v) is 4.40. The molecule has 47 heavy (non-hydrogen) atoms. The van der Waals surface area contributed by atoms with Gasteiger partial charge in [-0.25, -0.2) is 4.79 Å². The molecule has 2 aromatic carbocycles. The number of fused-ring (bicyclic) bond motifs is 1. The molecule has 0 aliphatic rings. The first-order valence-electron chi connectivity index (χ1n) is 15.5. The summed E-state index contributed by atoms with van der Waals surface area (Å²) in [5.74, 6) is 0.197. The minimum absolute atomic E-state index is 0.357. The van der Waals surface area contributed by atoms with Crippen molar-refractivity contribution in [2.24, 2.45) is 10.2 Å². The van der Waals surface area contributed by atoms with Crippen LogP contribution in [-0.4, -0.2) is 106 Å². The number of carbonyl (C=O) groups excluding carboxylic acids is 2. The van der Waals surface area contributed by atoms with Crippen molar-refractivity contribution < 1.29 is 9.59 Å². The van der Waals surface area contributed by atoms with Crippen molar-refractivity contribution in [1.29, 1.82) is 0 Å². The molecule has 4 aromatic rings. The van der Waals surface area contributed by atoms with Gasteiger partial charge in [0.05, 0.1) is 16.7 Å². The molecular formula is C31H43N13O3. The molecule has 250 valence electrons. The highest BCUT2D eigenvalue weighted by Gasteiger charge is 2.23. The van der Waals surface area contributed by atoms with Gasteiger partial charge in [-0.3, -0.25) is 9.59 Å². The third-order valence-electron chi connectivity index (χ3n) is 7.07. The highest BCUT2D eigenvalue weighted by Crippen LogP contribution is 2.21. The van der Waals surface area contributed by atoms with Crippen LogP contribution in [0.3, 0.4) is 0 Å². The Labute approximate surface area is 272 Å². The number of amides is 1. The summed E-state index contributed by atoms with van der Waals surface area (Å²) < 4.78 is 0. The summed E-state index contributed by atoms with van der Waals surface area (Å²) in [6.07, 6.45) is 1.87. The van der Waals surface area contributed by atoms with Gasteiger partial charge in [-0.15, -0.1) is 0 Å². The van der Waals surface area contributed by atoms with Crippen molar-refractivity contribution >= 4 is 57.6 Å². The van der Waals surface area contributed by atoms with Crippen molar-refractivity contribution in [3.05, 3.63) is 52.9 Å². The van der Waals surface area contributed by atoms with Crippen LogP contribution in [0.15, 0.2) is 57.5 Å². The number of hydrogen-bond acceptors (Lipinski definition) is 13. The second-order valence-electron chi connectivity index (χ2n) is 11.3. The second kappa shape index (κ2) is 16.9. The van der Waals surface area contributed by atoms with Crippen LogP contribution in [0.5, 0.6) is 0 Å². The number of aromatic nitrogens is 5. The average Bonchev–Trinajstić information content (AvgIpc) is 3.41. The van der Waals surface area contributed by atoms with E-state index >= 15 is 0 Å². The van der Waals surface area contributed by atoms with E-state index in [0.717, 1.165) is 39.0 Å². The minimum atomic E-state index is -1.35. The lowest BCUT2D eigenvalue weighted by atomic mass is 10.2. The molecule has 0 spiro atoms. The monoisotopic (exact) mass is 645 g/mol. The number of carbonyl (C=O) groups is 2. The molecule has 0 saturated carbocycles. The number of Topliss-reactive ketones (excluding diaryl/α,β-unsaturated/α-hetero) is 1. The Morgan fingerprint density at radius 3 is 2.11 bits per heavy atom. The zero-order chi connectivity index (χ0) is 33.8. The zero-order valence-corrected chi connectivity index (χ0v) is 27.4. The third-order valence-corrected chi connectivity index (χ3v) is 7.07. The second-order valence-corrected chi connectivity index (χ2v) is 11.3. The van der Waals surface area contributed by atoms with Crippen LogP contribution < -0.4 is 27.0 Å². The summed E-state index contributed by atoms with van der Waals surface area (Å²) in [5.41, 5.74) is 2.31. The van der Waals surface area contributed by atoms with Gasteiger partial charge in [-0.05, 0) is 103 Å². The van der Waals surface area contributed by atoms with Gasteiger partial charge < -0.3 is 41.0 Å². The maximum atomic E-state index is 12.9. The molecule has 16 nitrogen and oxygen atoms in total. The Hall–Kier alpha value is -5.22. The number of anilines is 5. The number of benzene rings is 2. The summed E-state index contributed by atoms with van der Waals surface area (Å²) in [6, 6.07) is 10.4. The van der Waals surface area contributed by atoms with Gasteiger partial charge in [0, 0.05) is 24.5 Å². The predicted molar refractivity (Wildman–Crippen MR) is 184 cm³/mol. The van der Waals surface area contributed by atoms with E-state index < -0.39 is 17.7 Å². The number of ketones is 1. The first-order chi connectivity index (χ1) is 22.6.